The van der Waals surface area contributed by atoms with Crippen LogP contribution in [-0.4, -0.2) is 13.1 Å². The summed E-state index contributed by atoms with van der Waals surface area (Å²) < 4.78 is 9.52. The van der Waals surface area contributed by atoms with Gasteiger partial charge in [0.1, 0.15) is 11.3 Å². The molecular weight excluding hydrogens is 220 g/mol. The van der Waals surface area contributed by atoms with Crippen molar-refractivity contribution in [1.29, 1.82) is 0 Å². The fourth-order valence-electron chi connectivity index (χ4n) is 1.43. The van der Waals surface area contributed by atoms with Crippen LogP contribution >= 0.6 is 0 Å². The molecule has 0 saturated carbocycles. The van der Waals surface area contributed by atoms with Crippen molar-refractivity contribution in [2.45, 2.75) is 0 Å². The molecule has 86 valence electrons. The van der Waals surface area contributed by atoms with Gasteiger partial charge in [0, 0.05) is 5.56 Å². The van der Waals surface area contributed by atoms with E-state index in [4.69, 9.17) is 4.42 Å². The Morgan fingerprint density at radius 3 is 2.41 bits per heavy atom. The predicted octanol–water partition coefficient (Wildman–Crippen LogP) is 2.09. The van der Waals surface area contributed by atoms with Crippen LogP contribution in [0.1, 0.15) is 10.4 Å². The zero-order chi connectivity index (χ0) is 12.3. The average Bonchev–Trinajstić information content (AvgIpc) is 2.39. The maximum Gasteiger partial charge on any atom is 0.350 e. The van der Waals surface area contributed by atoms with Gasteiger partial charge in [-0.1, -0.05) is 30.3 Å². The maximum absolute atomic E-state index is 11.5. The van der Waals surface area contributed by atoms with Gasteiger partial charge in [0.05, 0.1) is 7.11 Å². The Balaban J connectivity index is 2.45. The van der Waals surface area contributed by atoms with Crippen molar-refractivity contribution in [3.05, 3.63) is 58.4 Å². The number of carbonyl (C=O) groups is 1. The molecule has 0 aliphatic carbocycles. The van der Waals surface area contributed by atoms with Crippen molar-refractivity contribution in [3.8, 4) is 11.3 Å². The lowest BCUT2D eigenvalue weighted by atomic mass is 10.1. The molecule has 0 aliphatic rings. The molecule has 2 aromatic rings. The molecule has 1 aromatic heterocycles. The summed E-state index contributed by atoms with van der Waals surface area (Å²) in [5.41, 5.74) is -0.0219. The number of methoxy groups -OCH3 is 1. The molecule has 0 atom stereocenters. The van der Waals surface area contributed by atoms with E-state index in [1.165, 1.54) is 13.2 Å². The van der Waals surface area contributed by atoms with Gasteiger partial charge in [0.25, 0.3) is 0 Å². The van der Waals surface area contributed by atoms with Crippen LogP contribution in [-0.2, 0) is 4.74 Å². The first-order valence-electron chi connectivity index (χ1n) is 5.00. The highest BCUT2D eigenvalue weighted by molar-refractivity contribution is 5.88. The molecule has 1 aromatic carbocycles. The number of benzene rings is 1. The molecule has 0 saturated heterocycles. The van der Waals surface area contributed by atoms with Crippen LogP contribution in [0.4, 0.5) is 0 Å². The Bertz CT molecular complexity index is 584. The molecule has 0 unspecified atom stereocenters. The summed E-state index contributed by atoms with van der Waals surface area (Å²) >= 11 is 0. The average molecular weight is 230 g/mol. The van der Waals surface area contributed by atoms with Crippen molar-refractivity contribution in [1.82, 2.24) is 0 Å². The maximum atomic E-state index is 11.5. The molecule has 4 nitrogen and oxygen atoms in total. The molecule has 17 heavy (non-hydrogen) atoms. The van der Waals surface area contributed by atoms with Gasteiger partial charge < -0.3 is 9.15 Å². The number of ether oxygens (including phenoxy) is 1. The first-order chi connectivity index (χ1) is 8.22. The van der Waals surface area contributed by atoms with Crippen molar-refractivity contribution < 1.29 is 13.9 Å². The lowest BCUT2D eigenvalue weighted by Crippen LogP contribution is -2.14. The molecule has 1 heterocycles. The Hall–Kier alpha value is -2.36. The third kappa shape index (κ3) is 2.25. The molecule has 0 N–H and O–H groups in total. The minimum Gasteiger partial charge on any atom is -0.465 e. The second kappa shape index (κ2) is 4.65. The van der Waals surface area contributed by atoms with Crippen LogP contribution in [0.2, 0.25) is 0 Å². The van der Waals surface area contributed by atoms with Gasteiger partial charge in [-0.3, -0.25) is 0 Å². The molecule has 0 bridgehead atoms. The summed E-state index contributed by atoms with van der Waals surface area (Å²) in [6.45, 7) is 0. The van der Waals surface area contributed by atoms with E-state index in [1.54, 1.807) is 6.07 Å². The van der Waals surface area contributed by atoms with E-state index in [9.17, 15) is 9.59 Å². The first kappa shape index (κ1) is 11.1. The minimum atomic E-state index is -0.696. The predicted molar refractivity (Wildman–Crippen MR) is 61.8 cm³/mol. The summed E-state index contributed by atoms with van der Waals surface area (Å²) in [4.78, 5) is 22.7. The number of esters is 1. The molecular formula is C13H10O4. The zero-order valence-corrected chi connectivity index (χ0v) is 9.17. The van der Waals surface area contributed by atoms with Crippen LogP contribution in [0.15, 0.2) is 51.7 Å². The van der Waals surface area contributed by atoms with Gasteiger partial charge in [-0.15, -0.1) is 0 Å². The SMILES string of the molecule is COC(=O)c1ccc(-c2ccccc2)oc1=O. The summed E-state index contributed by atoms with van der Waals surface area (Å²) in [6.07, 6.45) is 0. The molecule has 4 heteroatoms. The van der Waals surface area contributed by atoms with Crippen molar-refractivity contribution in [2.75, 3.05) is 7.11 Å². The van der Waals surface area contributed by atoms with E-state index in [2.05, 4.69) is 4.74 Å². The van der Waals surface area contributed by atoms with Gasteiger partial charge in [0.15, 0.2) is 0 Å². The van der Waals surface area contributed by atoms with E-state index in [0.29, 0.717) is 5.76 Å². The Morgan fingerprint density at radius 2 is 1.82 bits per heavy atom. The zero-order valence-electron chi connectivity index (χ0n) is 9.17. The summed E-state index contributed by atoms with van der Waals surface area (Å²) in [5, 5.41) is 0. The first-order valence-corrected chi connectivity index (χ1v) is 5.00. The molecule has 0 amide bonds. The third-order valence-electron chi connectivity index (χ3n) is 2.29. The van der Waals surface area contributed by atoms with E-state index >= 15 is 0 Å². The Morgan fingerprint density at radius 1 is 1.12 bits per heavy atom. The quantitative estimate of drug-likeness (QED) is 0.741. The highest BCUT2D eigenvalue weighted by Crippen LogP contribution is 2.17. The van der Waals surface area contributed by atoms with Crippen LogP contribution in [0.5, 0.6) is 0 Å². The highest BCUT2D eigenvalue weighted by Gasteiger charge is 2.13. The summed E-state index contributed by atoms with van der Waals surface area (Å²) in [6, 6.07) is 12.1. The fraction of sp³-hybridized carbons (Fsp3) is 0.0769. The van der Waals surface area contributed by atoms with Gasteiger partial charge in [0.2, 0.25) is 0 Å². The summed E-state index contributed by atoms with van der Waals surface area (Å²) in [7, 11) is 1.22. The topological polar surface area (TPSA) is 56.5 Å². The molecule has 0 fully saturated rings. The highest BCUT2D eigenvalue weighted by atomic mass is 16.5. The molecule has 0 aliphatic heterocycles. The lowest BCUT2D eigenvalue weighted by Gasteiger charge is -2.01. The van der Waals surface area contributed by atoms with Gasteiger partial charge in [-0.05, 0) is 12.1 Å². The monoisotopic (exact) mass is 230 g/mol. The van der Waals surface area contributed by atoms with Gasteiger partial charge in [-0.25, -0.2) is 9.59 Å². The van der Waals surface area contributed by atoms with Crippen LogP contribution in [0.25, 0.3) is 11.3 Å². The standard InChI is InChI=1S/C13H10O4/c1-16-12(14)10-7-8-11(17-13(10)15)9-5-3-2-4-6-9/h2-8H,1H3. The second-order valence-corrected chi connectivity index (χ2v) is 3.36. The number of hydrogen-bond acceptors (Lipinski definition) is 4. The minimum absolute atomic E-state index is 0.104. The number of hydrogen-bond donors (Lipinski definition) is 0. The van der Waals surface area contributed by atoms with Crippen LogP contribution < -0.4 is 5.63 Å². The van der Waals surface area contributed by atoms with E-state index < -0.39 is 11.6 Å². The van der Waals surface area contributed by atoms with Crippen molar-refractivity contribution in [2.24, 2.45) is 0 Å². The van der Waals surface area contributed by atoms with E-state index in [1.807, 2.05) is 30.3 Å². The molecule has 0 spiro atoms. The Labute approximate surface area is 97.5 Å². The third-order valence-corrected chi connectivity index (χ3v) is 2.29. The number of carbonyl (C=O) groups excluding carboxylic acids is 1. The van der Waals surface area contributed by atoms with Crippen LogP contribution in [0, 0.1) is 0 Å². The largest absolute Gasteiger partial charge is 0.465 e. The second-order valence-electron chi connectivity index (χ2n) is 3.36. The molecule has 2 rings (SSSR count). The lowest BCUT2D eigenvalue weighted by molar-refractivity contribution is 0.0595. The van der Waals surface area contributed by atoms with E-state index in [0.717, 1.165) is 5.56 Å². The van der Waals surface area contributed by atoms with Crippen molar-refractivity contribution in [3.63, 3.8) is 0 Å². The Kier molecular flexibility index (Phi) is 3.05. The van der Waals surface area contributed by atoms with E-state index in [-0.39, 0.29) is 5.56 Å². The smallest absolute Gasteiger partial charge is 0.350 e. The number of rotatable bonds is 2. The van der Waals surface area contributed by atoms with Gasteiger partial charge >= 0.3 is 11.6 Å². The van der Waals surface area contributed by atoms with Gasteiger partial charge in [-0.2, -0.15) is 0 Å². The summed E-state index contributed by atoms with van der Waals surface area (Å²) in [5.74, 6) is -0.276. The normalized spacial score (nSPS) is 9.94. The molecule has 0 radical (unpaired) electrons. The van der Waals surface area contributed by atoms with Crippen molar-refractivity contribution >= 4 is 5.97 Å². The fourth-order valence-corrected chi connectivity index (χ4v) is 1.43. The van der Waals surface area contributed by atoms with Crippen LogP contribution in [0.3, 0.4) is 0 Å².